The third kappa shape index (κ3) is 3.63. The number of nitrogens with one attached hydrogen (secondary N) is 1. The number of oxazole rings is 1. The van der Waals surface area contributed by atoms with Crippen LogP contribution in [0.3, 0.4) is 0 Å². The average molecular weight is 350 g/mol. The van der Waals surface area contributed by atoms with Crippen molar-refractivity contribution in [2.24, 2.45) is 0 Å². The van der Waals surface area contributed by atoms with E-state index in [0.717, 1.165) is 12.1 Å². The molecule has 8 heteroatoms. The summed E-state index contributed by atoms with van der Waals surface area (Å²) in [4.78, 5) is 16.1. The summed E-state index contributed by atoms with van der Waals surface area (Å²) in [7, 11) is 0. The zero-order valence-corrected chi connectivity index (χ0v) is 12.8. The highest BCUT2D eigenvalue weighted by atomic mass is 19.4. The summed E-state index contributed by atoms with van der Waals surface area (Å²) in [6.45, 7) is -0.0392. The minimum atomic E-state index is -4.41. The van der Waals surface area contributed by atoms with Crippen LogP contribution in [0.5, 0.6) is 0 Å². The summed E-state index contributed by atoms with van der Waals surface area (Å²) >= 11 is 0. The lowest BCUT2D eigenvalue weighted by Crippen LogP contribution is -2.26. The van der Waals surface area contributed by atoms with E-state index in [2.05, 4.69) is 10.3 Å². The lowest BCUT2D eigenvalue weighted by Gasteiger charge is -2.05. The molecule has 1 aromatic heterocycles. The Kier molecular flexibility index (Phi) is 4.45. The van der Waals surface area contributed by atoms with Crippen LogP contribution in [-0.2, 0) is 6.18 Å². The minimum absolute atomic E-state index is 0.131. The molecule has 3 rings (SSSR count). The molecule has 1 heterocycles. The van der Waals surface area contributed by atoms with Gasteiger partial charge in [0.1, 0.15) is 5.52 Å². The number of carbonyl (C=O) groups excluding carboxylic acids is 1. The summed E-state index contributed by atoms with van der Waals surface area (Å²) in [5.41, 5.74) is 0.805. The molecule has 130 valence electrons. The van der Waals surface area contributed by atoms with Crippen LogP contribution in [0.4, 0.5) is 13.2 Å². The number of fused-ring (bicyclic) bond motifs is 1. The van der Waals surface area contributed by atoms with Crippen molar-refractivity contribution in [2.75, 3.05) is 13.2 Å². The third-order valence-corrected chi connectivity index (χ3v) is 3.51. The molecule has 0 bridgehead atoms. The molecule has 0 unspecified atom stereocenters. The van der Waals surface area contributed by atoms with Gasteiger partial charge in [0, 0.05) is 17.7 Å². The third-order valence-electron chi connectivity index (χ3n) is 3.51. The molecule has 0 radical (unpaired) electrons. The van der Waals surface area contributed by atoms with Gasteiger partial charge in [-0.1, -0.05) is 0 Å². The molecule has 0 atom stereocenters. The number of hydrogen-bond donors (Lipinski definition) is 2. The molecule has 2 aromatic carbocycles. The topological polar surface area (TPSA) is 75.4 Å². The molecule has 1 amide bonds. The Labute approximate surface area is 140 Å². The van der Waals surface area contributed by atoms with Crippen LogP contribution in [0, 0.1) is 0 Å². The highest BCUT2D eigenvalue weighted by molar-refractivity contribution is 5.97. The molecule has 0 saturated heterocycles. The summed E-state index contributed by atoms with van der Waals surface area (Å²) < 4.78 is 43.3. The molecule has 0 aliphatic rings. The van der Waals surface area contributed by atoms with Gasteiger partial charge in [-0.15, -0.1) is 0 Å². The van der Waals surface area contributed by atoms with Gasteiger partial charge in [-0.3, -0.25) is 4.79 Å². The van der Waals surface area contributed by atoms with Gasteiger partial charge in [0.05, 0.1) is 12.2 Å². The van der Waals surface area contributed by atoms with E-state index in [1.807, 2.05) is 0 Å². The summed E-state index contributed by atoms with van der Waals surface area (Å²) in [6.07, 6.45) is -4.41. The second-order valence-corrected chi connectivity index (χ2v) is 5.26. The molecule has 0 aliphatic heterocycles. The normalized spacial score (nSPS) is 11.7. The lowest BCUT2D eigenvalue weighted by molar-refractivity contribution is -0.137. The fraction of sp³-hybridized carbons (Fsp3) is 0.176. The van der Waals surface area contributed by atoms with E-state index in [1.54, 1.807) is 6.07 Å². The van der Waals surface area contributed by atoms with Gasteiger partial charge in [-0.25, -0.2) is 4.98 Å². The maximum atomic E-state index is 12.6. The average Bonchev–Trinajstić information content (AvgIpc) is 3.02. The Hall–Kier alpha value is -2.87. The zero-order valence-electron chi connectivity index (χ0n) is 12.8. The van der Waals surface area contributed by atoms with Gasteiger partial charge < -0.3 is 14.8 Å². The van der Waals surface area contributed by atoms with Gasteiger partial charge in [0.15, 0.2) is 5.58 Å². The molecule has 0 spiro atoms. The first-order valence-electron chi connectivity index (χ1n) is 7.36. The fourth-order valence-electron chi connectivity index (χ4n) is 2.27. The summed E-state index contributed by atoms with van der Waals surface area (Å²) in [6, 6.07) is 9.08. The first-order chi connectivity index (χ1) is 11.9. The molecule has 25 heavy (non-hydrogen) atoms. The highest BCUT2D eigenvalue weighted by Gasteiger charge is 2.30. The number of rotatable bonds is 4. The smallest absolute Gasteiger partial charge is 0.416 e. The maximum absolute atomic E-state index is 12.6. The van der Waals surface area contributed by atoms with E-state index >= 15 is 0 Å². The molecular weight excluding hydrogens is 337 g/mol. The van der Waals surface area contributed by atoms with Crippen molar-refractivity contribution in [1.29, 1.82) is 0 Å². The van der Waals surface area contributed by atoms with Gasteiger partial charge >= 0.3 is 6.18 Å². The number of alkyl halides is 3. The Balaban J connectivity index is 1.89. The predicted octanol–water partition coefficient (Wildman–Crippen LogP) is 3.24. The molecule has 0 aliphatic carbocycles. The van der Waals surface area contributed by atoms with Crippen molar-refractivity contribution in [3.05, 3.63) is 53.6 Å². The van der Waals surface area contributed by atoms with Crippen LogP contribution in [0.1, 0.15) is 15.9 Å². The largest absolute Gasteiger partial charge is 0.436 e. The number of nitrogens with zero attached hydrogens (tertiary/aromatic N) is 1. The Morgan fingerprint density at radius 3 is 2.52 bits per heavy atom. The standard InChI is InChI=1S/C17H13F3N2O3/c18-17(19,20)12-4-1-10(2-5-12)16-22-13-9-11(3-6-14(13)25-16)15(24)21-7-8-23/h1-6,9,23H,7-8H2,(H,21,24). The molecule has 2 N–H and O–H groups in total. The van der Waals surface area contributed by atoms with Crippen LogP contribution in [0.25, 0.3) is 22.6 Å². The van der Waals surface area contributed by atoms with Crippen molar-refractivity contribution in [3.63, 3.8) is 0 Å². The number of hydrogen-bond acceptors (Lipinski definition) is 4. The van der Waals surface area contributed by atoms with E-state index in [0.29, 0.717) is 22.2 Å². The number of halogens is 3. The van der Waals surface area contributed by atoms with Crippen molar-refractivity contribution in [2.45, 2.75) is 6.18 Å². The Morgan fingerprint density at radius 1 is 1.16 bits per heavy atom. The minimum Gasteiger partial charge on any atom is -0.436 e. The second kappa shape index (κ2) is 6.56. The van der Waals surface area contributed by atoms with Gasteiger partial charge in [-0.05, 0) is 42.5 Å². The first kappa shape index (κ1) is 17.0. The van der Waals surface area contributed by atoms with Gasteiger partial charge in [-0.2, -0.15) is 13.2 Å². The van der Waals surface area contributed by atoms with E-state index in [4.69, 9.17) is 9.52 Å². The molecule has 3 aromatic rings. The van der Waals surface area contributed by atoms with Crippen LogP contribution >= 0.6 is 0 Å². The number of aliphatic hydroxyl groups excluding tert-OH is 1. The molecule has 0 fully saturated rings. The summed E-state index contributed by atoms with van der Waals surface area (Å²) in [5, 5.41) is 11.2. The zero-order chi connectivity index (χ0) is 18.0. The van der Waals surface area contributed by atoms with E-state index in [9.17, 15) is 18.0 Å². The van der Waals surface area contributed by atoms with Crippen molar-refractivity contribution < 1.29 is 27.5 Å². The molecule has 5 nitrogen and oxygen atoms in total. The van der Waals surface area contributed by atoms with Crippen LogP contribution in [-0.4, -0.2) is 29.1 Å². The number of carbonyl (C=O) groups is 1. The highest BCUT2D eigenvalue weighted by Crippen LogP contribution is 2.31. The van der Waals surface area contributed by atoms with E-state index < -0.39 is 11.7 Å². The first-order valence-corrected chi connectivity index (χ1v) is 7.36. The van der Waals surface area contributed by atoms with Crippen molar-refractivity contribution in [3.8, 4) is 11.5 Å². The second-order valence-electron chi connectivity index (χ2n) is 5.26. The number of benzene rings is 2. The lowest BCUT2D eigenvalue weighted by atomic mass is 10.1. The maximum Gasteiger partial charge on any atom is 0.416 e. The predicted molar refractivity (Wildman–Crippen MR) is 83.9 cm³/mol. The number of amides is 1. The quantitative estimate of drug-likeness (QED) is 0.757. The number of aromatic nitrogens is 1. The van der Waals surface area contributed by atoms with Gasteiger partial charge in [0.2, 0.25) is 5.89 Å². The van der Waals surface area contributed by atoms with E-state index in [-0.39, 0.29) is 24.9 Å². The van der Waals surface area contributed by atoms with Crippen molar-refractivity contribution in [1.82, 2.24) is 10.3 Å². The van der Waals surface area contributed by atoms with Crippen LogP contribution in [0.15, 0.2) is 46.9 Å². The Bertz CT molecular complexity index is 902. The molecule has 0 saturated carbocycles. The van der Waals surface area contributed by atoms with Crippen molar-refractivity contribution >= 4 is 17.0 Å². The monoisotopic (exact) mass is 350 g/mol. The molecular formula is C17H13F3N2O3. The Morgan fingerprint density at radius 2 is 1.88 bits per heavy atom. The fourth-order valence-corrected chi connectivity index (χ4v) is 2.27. The van der Waals surface area contributed by atoms with Gasteiger partial charge in [0.25, 0.3) is 5.91 Å². The SMILES string of the molecule is O=C(NCCO)c1ccc2oc(-c3ccc(C(F)(F)F)cc3)nc2c1. The van der Waals surface area contributed by atoms with Crippen LogP contribution < -0.4 is 5.32 Å². The van der Waals surface area contributed by atoms with E-state index in [1.165, 1.54) is 24.3 Å². The summed E-state index contributed by atoms with van der Waals surface area (Å²) in [5.74, 6) is -0.202. The number of aliphatic hydroxyl groups is 1. The van der Waals surface area contributed by atoms with Crippen LogP contribution in [0.2, 0.25) is 0 Å².